The van der Waals surface area contributed by atoms with Crippen molar-refractivity contribution >= 4 is 41.0 Å². The monoisotopic (exact) mass is 213 g/mol. The van der Waals surface area contributed by atoms with E-state index in [1.807, 2.05) is 0 Å². The van der Waals surface area contributed by atoms with Crippen LogP contribution in [-0.2, 0) is 11.2 Å². The standard InChI is InChI=1S/C6H11NOS2.ClH/c1-10(8)5-3-2-4-7-6-9;/h2-5H2,1H3;1H/t10-;/m1./s1. The molecule has 0 bridgehead atoms. The van der Waals surface area contributed by atoms with E-state index in [2.05, 4.69) is 22.4 Å². The molecule has 0 saturated carbocycles. The van der Waals surface area contributed by atoms with Crippen molar-refractivity contribution < 1.29 is 4.55 Å². The van der Waals surface area contributed by atoms with Gasteiger partial charge in [-0.15, -0.1) is 12.4 Å². The van der Waals surface area contributed by atoms with Gasteiger partial charge in [0.15, 0.2) is 0 Å². The highest BCUT2D eigenvalue weighted by molar-refractivity contribution is 7.90. The van der Waals surface area contributed by atoms with Gasteiger partial charge in [-0.3, -0.25) is 0 Å². The molecule has 0 aromatic carbocycles. The fourth-order valence-electron chi connectivity index (χ4n) is 0.542. The molecule has 0 aromatic rings. The maximum absolute atomic E-state index is 10.5. The van der Waals surface area contributed by atoms with Crippen LogP contribution < -0.4 is 0 Å². The van der Waals surface area contributed by atoms with E-state index in [9.17, 15) is 4.55 Å². The predicted octanol–water partition coefficient (Wildman–Crippen LogP) is 1.67. The fraction of sp³-hybridized carbons (Fsp3) is 0.833. The van der Waals surface area contributed by atoms with Gasteiger partial charge in [0.2, 0.25) is 0 Å². The van der Waals surface area contributed by atoms with Crippen molar-refractivity contribution in [1.29, 1.82) is 0 Å². The zero-order valence-electron chi connectivity index (χ0n) is 6.41. The molecule has 0 heterocycles. The lowest BCUT2D eigenvalue weighted by molar-refractivity contribution is 0.596. The van der Waals surface area contributed by atoms with Crippen LogP contribution >= 0.6 is 24.6 Å². The van der Waals surface area contributed by atoms with Gasteiger partial charge in [-0.25, -0.2) is 4.99 Å². The van der Waals surface area contributed by atoms with E-state index >= 15 is 0 Å². The molecule has 66 valence electrons. The van der Waals surface area contributed by atoms with Crippen molar-refractivity contribution in [3.8, 4) is 0 Å². The van der Waals surface area contributed by atoms with Gasteiger partial charge in [0, 0.05) is 6.54 Å². The normalized spacial score (nSPS) is 11.1. The summed E-state index contributed by atoms with van der Waals surface area (Å²) in [5.41, 5.74) is 0. The van der Waals surface area contributed by atoms with Gasteiger partial charge in [0.1, 0.15) is 5.75 Å². The number of thiocarbonyl (C=S) groups is 1. The lowest BCUT2D eigenvalue weighted by atomic mass is 10.3. The highest BCUT2D eigenvalue weighted by atomic mass is 35.5. The molecule has 0 fully saturated rings. The molecular formula is C6H12ClNOS2. The summed E-state index contributed by atoms with van der Waals surface area (Å²) in [6.07, 6.45) is 3.63. The van der Waals surface area contributed by atoms with Gasteiger partial charge in [-0.1, -0.05) is 11.2 Å². The lowest BCUT2D eigenvalue weighted by Crippen LogP contribution is -2.02. The summed E-state index contributed by atoms with van der Waals surface area (Å²) < 4.78 is 10.5. The van der Waals surface area contributed by atoms with Crippen LogP contribution in [0.5, 0.6) is 0 Å². The average Bonchev–Trinajstić information content (AvgIpc) is 1.87. The average molecular weight is 214 g/mol. The molecule has 0 aliphatic carbocycles. The predicted molar refractivity (Wildman–Crippen MR) is 55.3 cm³/mol. The molecule has 0 unspecified atom stereocenters. The van der Waals surface area contributed by atoms with Crippen LogP contribution in [0.15, 0.2) is 4.99 Å². The topological polar surface area (TPSA) is 35.4 Å². The van der Waals surface area contributed by atoms with Crippen LogP contribution in [0, 0.1) is 0 Å². The maximum atomic E-state index is 10.5. The smallest absolute Gasteiger partial charge is 0.105 e. The van der Waals surface area contributed by atoms with Crippen molar-refractivity contribution in [2.75, 3.05) is 18.6 Å². The maximum Gasteiger partial charge on any atom is 0.105 e. The van der Waals surface area contributed by atoms with E-state index in [0.717, 1.165) is 25.1 Å². The van der Waals surface area contributed by atoms with Gasteiger partial charge in [0.05, 0.1) is 11.4 Å². The highest BCUT2D eigenvalue weighted by Gasteiger charge is 1.94. The number of isothiocyanates is 1. The molecule has 0 N–H and O–H groups in total. The van der Waals surface area contributed by atoms with Crippen molar-refractivity contribution in [1.82, 2.24) is 0 Å². The fourth-order valence-corrected chi connectivity index (χ4v) is 1.24. The summed E-state index contributed by atoms with van der Waals surface area (Å²) in [6.45, 7) is 0.723. The molecule has 0 amide bonds. The zero-order valence-corrected chi connectivity index (χ0v) is 8.86. The third-order valence-electron chi connectivity index (χ3n) is 1.02. The lowest BCUT2D eigenvalue weighted by Gasteiger charge is -2.01. The quantitative estimate of drug-likeness (QED) is 0.302. The van der Waals surface area contributed by atoms with Crippen molar-refractivity contribution in [3.63, 3.8) is 0 Å². The van der Waals surface area contributed by atoms with Crippen LogP contribution in [0.3, 0.4) is 0 Å². The first-order valence-corrected chi connectivity index (χ1v) is 5.24. The second kappa shape index (κ2) is 10.4. The zero-order chi connectivity index (χ0) is 7.82. The van der Waals surface area contributed by atoms with E-state index in [0.29, 0.717) is 0 Å². The third-order valence-corrected chi connectivity index (χ3v) is 2.01. The van der Waals surface area contributed by atoms with E-state index in [1.54, 1.807) is 6.26 Å². The van der Waals surface area contributed by atoms with E-state index in [1.165, 1.54) is 0 Å². The molecule has 0 aliphatic heterocycles. The number of hydrogen-bond donors (Lipinski definition) is 0. The minimum absolute atomic E-state index is 0. The number of aliphatic imine (C=N–C) groups is 1. The van der Waals surface area contributed by atoms with Crippen LogP contribution in [0.25, 0.3) is 0 Å². The van der Waals surface area contributed by atoms with E-state index in [-0.39, 0.29) is 12.4 Å². The molecule has 0 aromatic heterocycles. The molecule has 1 atom stereocenters. The molecule has 0 spiro atoms. The molecule has 2 nitrogen and oxygen atoms in total. The number of unbranched alkanes of at least 4 members (excludes halogenated alkanes) is 1. The SMILES string of the molecule is C[S@@+]([O-])CCCCN=C=S.Cl. The van der Waals surface area contributed by atoms with Crippen LogP contribution in [-0.4, -0.2) is 28.3 Å². The van der Waals surface area contributed by atoms with Crippen molar-refractivity contribution in [2.24, 2.45) is 4.99 Å². The summed E-state index contributed by atoms with van der Waals surface area (Å²) in [4.78, 5) is 3.73. The van der Waals surface area contributed by atoms with E-state index in [4.69, 9.17) is 0 Å². The van der Waals surface area contributed by atoms with Crippen molar-refractivity contribution in [3.05, 3.63) is 0 Å². The molecule has 0 radical (unpaired) electrons. The number of halogens is 1. The van der Waals surface area contributed by atoms with Crippen LogP contribution in [0.4, 0.5) is 0 Å². The van der Waals surface area contributed by atoms with E-state index < -0.39 is 11.2 Å². The van der Waals surface area contributed by atoms with Crippen LogP contribution in [0.1, 0.15) is 12.8 Å². The number of hydrogen-bond acceptors (Lipinski definition) is 3. The second-order valence-electron chi connectivity index (χ2n) is 1.96. The van der Waals surface area contributed by atoms with Gasteiger partial charge in [0.25, 0.3) is 0 Å². The van der Waals surface area contributed by atoms with Crippen molar-refractivity contribution in [2.45, 2.75) is 12.8 Å². The first kappa shape index (κ1) is 14.0. The van der Waals surface area contributed by atoms with Gasteiger partial charge < -0.3 is 4.55 Å². The summed E-state index contributed by atoms with van der Waals surface area (Å²) >= 11 is 3.72. The minimum atomic E-state index is -0.659. The summed E-state index contributed by atoms with van der Waals surface area (Å²) in [7, 11) is 0. The molecule has 5 heteroatoms. The largest absolute Gasteiger partial charge is 0.617 e. The van der Waals surface area contributed by atoms with Gasteiger partial charge >= 0.3 is 0 Å². The third kappa shape index (κ3) is 13.4. The molecular weight excluding hydrogens is 202 g/mol. The number of nitrogens with zero attached hydrogens (tertiary/aromatic N) is 1. The Kier molecular flexibility index (Phi) is 13.2. The Bertz CT molecular complexity index is 126. The second-order valence-corrected chi connectivity index (χ2v) is 3.69. The Morgan fingerprint density at radius 1 is 1.55 bits per heavy atom. The Morgan fingerprint density at radius 2 is 2.18 bits per heavy atom. The van der Waals surface area contributed by atoms with Gasteiger partial charge in [-0.05, 0) is 25.1 Å². The Labute approximate surface area is 82.1 Å². The minimum Gasteiger partial charge on any atom is -0.617 e. The first-order chi connectivity index (χ1) is 4.77. The van der Waals surface area contributed by atoms with Crippen LogP contribution in [0.2, 0.25) is 0 Å². The summed E-state index contributed by atoms with van der Waals surface area (Å²) in [6, 6.07) is 0. The number of rotatable bonds is 5. The molecule has 0 aliphatic rings. The Balaban J connectivity index is 0. The molecule has 0 saturated heterocycles. The first-order valence-electron chi connectivity index (χ1n) is 3.11. The summed E-state index contributed by atoms with van der Waals surface area (Å²) in [5.74, 6) is 0.771. The summed E-state index contributed by atoms with van der Waals surface area (Å²) in [5, 5.41) is 2.29. The van der Waals surface area contributed by atoms with Gasteiger partial charge in [-0.2, -0.15) is 0 Å². The molecule has 11 heavy (non-hydrogen) atoms. The Morgan fingerprint density at radius 3 is 2.64 bits per heavy atom. The Hall–Kier alpha value is 0.400. The highest BCUT2D eigenvalue weighted by Crippen LogP contribution is 1.93. The molecule has 0 rings (SSSR count).